The Labute approximate surface area is 96.1 Å². The molecule has 0 aliphatic carbocycles. The Bertz CT molecular complexity index is 302. The van der Waals surface area contributed by atoms with Gasteiger partial charge in [-0.1, -0.05) is 13.8 Å². The van der Waals surface area contributed by atoms with Crippen molar-refractivity contribution in [2.75, 3.05) is 13.1 Å². The molecule has 1 saturated heterocycles. The first-order valence-corrected chi connectivity index (χ1v) is 6.85. The van der Waals surface area contributed by atoms with Gasteiger partial charge >= 0.3 is 0 Å². The number of nitrogens with one attached hydrogen (secondary N) is 1. The molecule has 2 nitrogen and oxygen atoms in total. The smallest absolute Gasteiger partial charge is 0.0972 e. The van der Waals surface area contributed by atoms with E-state index in [0.29, 0.717) is 11.8 Å². The fourth-order valence-electron chi connectivity index (χ4n) is 1.99. The van der Waals surface area contributed by atoms with Crippen molar-refractivity contribution >= 4 is 11.3 Å². The standard InChI is InChI=1S/C12H20N2S/c1-3-9(2)11-8-15-12(14-11)10-5-4-6-13-7-10/h8-10,13H,3-7H2,1-2H3. The summed E-state index contributed by atoms with van der Waals surface area (Å²) in [5, 5.41) is 7.05. The third kappa shape index (κ3) is 2.58. The highest BCUT2D eigenvalue weighted by Gasteiger charge is 2.19. The lowest BCUT2D eigenvalue weighted by Gasteiger charge is -2.20. The molecule has 0 aromatic carbocycles. The normalized spacial score (nSPS) is 24.0. The molecule has 0 amide bonds. The van der Waals surface area contributed by atoms with Gasteiger partial charge in [0.05, 0.1) is 10.7 Å². The molecule has 1 aliphatic heterocycles. The molecule has 1 aromatic heterocycles. The number of piperidine rings is 1. The van der Waals surface area contributed by atoms with Gasteiger partial charge in [-0.2, -0.15) is 0 Å². The summed E-state index contributed by atoms with van der Waals surface area (Å²) < 4.78 is 0. The second-order valence-electron chi connectivity index (χ2n) is 4.46. The Kier molecular flexibility index (Phi) is 3.76. The first-order valence-electron chi connectivity index (χ1n) is 5.97. The molecule has 84 valence electrons. The third-order valence-electron chi connectivity index (χ3n) is 3.30. The van der Waals surface area contributed by atoms with Gasteiger partial charge in [0, 0.05) is 17.8 Å². The summed E-state index contributed by atoms with van der Waals surface area (Å²) in [5.74, 6) is 1.29. The van der Waals surface area contributed by atoms with Gasteiger partial charge in [0.2, 0.25) is 0 Å². The van der Waals surface area contributed by atoms with E-state index in [1.165, 1.54) is 36.5 Å². The van der Waals surface area contributed by atoms with Crippen LogP contribution in [0.4, 0.5) is 0 Å². The third-order valence-corrected chi connectivity index (χ3v) is 4.33. The minimum absolute atomic E-state index is 0.617. The Balaban J connectivity index is 2.05. The minimum atomic E-state index is 0.617. The molecule has 2 heterocycles. The highest BCUT2D eigenvalue weighted by atomic mass is 32.1. The Hall–Kier alpha value is -0.410. The number of rotatable bonds is 3. The SMILES string of the molecule is CCC(C)c1csc(C2CCCNC2)n1. The van der Waals surface area contributed by atoms with E-state index in [-0.39, 0.29) is 0 Å². The lowest BCUT2D eigenvalue weighted by molar-refractivity contribution is 0.459. The summed E-state index contributed by atoms with van der Waals surface area (Å²) in [5.41, 5.74) is 1.29. The maximum atomic E-state index is 4.78. The van der Waals surface area contributed by atoms with Crippen LogP contribution in [0.15, 0.2) is 5.38 Å². The summed E-state index contributed by atoms with van der Waals surface area (Å²) >= 11 is 1.85. The van der Waals surface area contributed by atoms with Gasteiger partial charge in [-0.05, 0) is 31.7 Å². The summed E-state index contributed by atoms with van der Waals surface area (Å²) in [7, 11) is 0. The lowest BCUT2D eigenvalue weighted by atomic mass is 10.0. The highest BCUT2D eigenvalue weighted by Crippen LogP contribution is 2.29. The molecular weight excluding hydrogens is 204 g/mol. The zero-order valence-electron chi connectivity index (χ0n) is 9.62. The van der Waals surface area contributed by atoms with Crippen molar-refractivity contribution in [2.24, 2.45) is 0 Å². The molecule has 0 saturated carbocycles. The van der Waals surface area contributed by atoms with Crippen molar-refractivity contribution in [2.45, 2.75) is 44.9 Å². The van der Waals surface area contributed by atoms with Gasteiger partial charge in [-0.3, -0.25) is 0 Å². The molecule has 0 bridgehead atoms. The topological polar surface area (TPSA) is 24.9 Å². The fraction of sp³-hybridized carbons (Fsp3) is 0.750. The van der Waals surface area contributed by atoms with Crippen LogP contribution in [0.5, 0.6) is 0 Å². The summed E-state index contributed by atoms with van der Waals surface area (Å²) in [6.45, 7) is 6.79. The highest BCUT2D eigenvalue weighted by molar-refractivity contribution is 7.09. The number of hydrogen-bond acceptors (Lipinski definition) is 3. The number of aromatic nitrogens is 1. The molecule has 3 heteroatoms. The maximum absolute atomic E-state index is 4.78. The largest absolute Gasteiger partial charge is 0.316 e. The number of nitrogens with zero attached hydrogens (tertiary/aromatic N) is 1. The molecule has 15 heavy (non-hydrogen) atoms. The second kappa shape index (κ2) is 5.08. The van der Waals surface area contributed by atoms with Crippen LogP contribution in [0.1, 0.15) is 55.6 Å². The van der Waals surface area contributed by atoms with Gasteiger partial charge in [-0.25, -0.2) is 4.98 Å². The second-order valence-corrected chi connectivity index (χ2v) is 5.35. The molecule has 0 radical (unpaired) electrons. The molecule has 1 fully saturated rings. The predicted molar refractivity (Wildman–Crippen MR) is 65.7 cm³/mol. The number of hydrogen-bond donors (Lipinski definition) is 1. The van der Waals surface area contributed by atoms with E-state index in [1.807, 2.05) is 11.3 Å². The van der Waals surface area contributed by atoms with Gasteiger partial charge in [0.1, 0.15) is 0 Å². The molecule has 1 aromatic rings. The zero-order chi connectivity index (χ0) is 10.7. The molecule has 2 unspecified atom stereocenters. The van der Waals surface area contributed by atoms with Crippen molar-refractivity contribution < 1.29 is 0 Å². The zero-order valence-corrected chi connectivity index (χ0v) is 10.4. The van der Waals surface area contributed by atoms with E-state index in [4.69, 9.17) is 4.98 Å². The summed E-state index contributed by atoms with van der Waals surface area (Å²) in [6, 6.07) is 0. The van der Waals surface area contributed by atoms with E-state index in [0.717, 1.165) is 6.54 Å². The van der Waals surface area contributed by atoms with Crippen molar-refractivity contribution in [3.63, 3.8) is 0 Å². The molecular formula is C12H20N2S. The monoisotopic (exact) mass is 224 g/mol. The quantitative estimate of drug-likeness (QED) is 0.853. The average Bonchev–Trinajstić information content (AvgIpc) is 2.78. The van der Waals surface area contributed by atoms with Crippen LogP contribution in [-0.4, -0.2) is 18.1 Å². The van der Waals surface area contributed by atoms with Crippen molar-refractivity contribution in [3.05, 3.63) is 16.1 Å². The van der Waals surface area contributed by atoms with Crippen molar-refractivity contribution in [3.8, 4) is 0 Å². The van der Waals surface area contributed by atoms with Crippen LogP contribution in [0.3, 0.4) is 0 Å². The maximum Gasteiger partial charge on any atom is 0.0972 e. The van der Waals surface area contributed by atoms with Gasteiger partial charge in [0.25, 0.3) is 0 Å². The van der Waals surface area contributed by atoms with E-state index in [9.17, 15) is 0 Å². The predicted octanol–water partition coefficient (Wildman–Crippen LogP) is 3.12. The van der Waals surface area contributed by atoms with Crippen LogP contribution >= 0.6 is 11.3 Å². The minimum Gasteiger partial charge on any atom is -0.316 e. The van der Waals surface area contributed by atoms with E-state index in [2.05, 4.69) is 24.5 Å². The Morgan fingerprint density at radius 1 is 1.67 bits per heavy atom. The molecule has 2 rings (SSSR count). The van der Waals surface area contributed by atoms with Crippen molar-refractivity contribution in [1.29, 1.82) is 0 Å². The van der Waals surface area contributed by atoms with Crippen molar-refractivity contribution in [1.82, 2.24) is 10.3 Å². The van der Waals surface area contributed by atoms with E-state index < -0.39 is 0 Å². The lowest BCUT2D eigenvalue weighted by Crippen LogP contribution is -2.28. The van der Waals surface area contributed by atoms with Crippen LogP contribution in [0.2, 0.25) is 0 Å². The van der Waals surface area contributed by atoms with E-state index >= 15 is 0 Å². The Morgan fingerprint density at radius 3 is 3.20 bits per heavy atom. The van der Waals surface area contributed by atoms with Crippen LogP contribution < -0.4 is 5.32 Å². The van der Waals surface area contributed by atoms with Crippen LogP contribution in [0.25, 0.3) is 0 Å². The average molecular weight is 224 g/mol. The first kappa shape index (κ1) is 11.1. The molecule has 1 N–H and O–H groups in total. The van der Waals surface area contributed by atoms with Gasteiger partial charge in [0.15, 0.2) is 0 Å². The fourth-order valence-corrected chi connectivity index (χ4v) is 3.06. The molecule has 2 atom stereocenters. The first-order chi connectivity index (χ1) is 7.31. The van der Waals surface area contributed by atoms with Crippen LogP contribution in [-0.2, 0) is 0 Å². The van der Waals surface area contributed by atoms with Gasteiger partial charge in [-0.15, -0.1) is 11.3 Å². The van der Waals surface area contributed by atoms with Gasteiger partial charge < -0.3 is 5.32 Å². The Morgan fingerprint density at radius 2 is 2.53 bits per heavy atom. The summed E-state index contributed by atoms with van der Waals surface area (Å²) in [6.07, 6.45) is 3.79. The summed E-state index contributed by atoms with van der Waals surface area (Å²) in [4.78, 5) is 4.78. The van der Waals surface area contributed by atoms with Crippen LogP contribution in [0, 0.1) is 0 Å². The van der Waals surface area contributed by atoms with E-state index in [1.54, 1.807) is 0 Å². The number of thiazole rings is 1. The molecule has 0 spiro atoms. The molecule has 1 aliphatic rings.